The fourth-order valence-electron chi connectivity index (χ4n) is 5.04. The van der Waals surface area contributed by atoms with Crippen LogP contribution in [0.1, 0.15) is 43.2 Å². The molecule has 1 saturated heterocycles. The summed E-state index contributed by atoms with van der Waals surface area (Å²) in [6.07, 6.45) is 6.00. The molecule has 2 aliphatic rings. The number of methoxy groups -OCH3 is 1. The van der Waals surface area contributed by atoms with Gasteiger partial charge in [0.05, 0.1) is 11.6 Å². The Morgan fingerprint density at radius 2 is 1.78 bits per heavy atom. The van der Waals surface area contributed by atoms with Crippen molar-refractivity contribution in [1.29, 1.82) is 0 Å². The lowest BCUT2D eigenvalue weighted by Crippen LogP contribution is -2.58. The average molecular weight is 563 g/mol. The Kier molecular flexibility index (Phi) is 7.28. The molecule has 1 saturated carbocycles. The van der Waals surface area contributed by atoms with E-state index in [0.717, 1.165) is 48.4 Å². The predicted octanol–water partition coefficient (Wildman–Crippen LogP) is 5.98. The van der Waals surface area contributed by atoms with Crippen molar-refractivity contribution >= 4 is 50.6 Å². The average Bonchev–Trinajstić information content (AvgIpc) is 2.90. The molecule has 0 bridgehead atoms. The van der Waals surface area contributed by atoms with Crippen LogP contribution in [0.2, 0.25) is 0 Å². The van der Waals surface area contributed by atoms with E-state index in [4.69, 9.17) is 9.47 Å². The molecule has 1 aliphatic heterocycles. The minimum Gasteiger partial charge on any atom is -0.493 e. The second-order valence-electron chi connectivity index (χ2n) is 9.25. The number of amides is 4. The number of hydrogen-bond acceptors (Lipinski definition) is 5. The summed E-state index contributed by atoms with van der Waals surface area (Å²) in [5, 5.41) is 4.57. The van der Waals surface area contributed by atoms with Crippen LogP contribution in [0.4, 0.5) is 4.79 Å². The summed E-state index contributed by atoms with van der Waals surface area (Å²) in [6, 6.07) is 16.8. The van der Waals surface area contributed by atoms with E-state index in [-0.39, 0.29) is 11.6 Å². The molecule has 1 N–H and O–H groups in total. The van der Waals surface area contributed by atoms with Crippen molar-refractivity contribution in [3.8, 4) is 11.5 Å². The SMILES string of the molecule is COc1cc(C=C2C(=O)NC(=O)N(C3CCCCC3)C2=O)cc(Br)c1OCc1cccc2ccccc12. The Bertz CT molecular complexity index is 1410. The van der Waals surface area contributed by atoms with Crippen LogP contribution in [0, 0.1) is 0 Å². The minimum absolute atomic E-state index is 0.0800. The Balaban J connectivity index is 1.41. The zero-order valence-corrected chi connectivity index (χ0v) is 22.0. The van der Waals surface area contributed by atoms with Crippen LogP contribution < -0.4 is 14.8 Å². The fourth-order valence-corrected chi connectivity index (χ4v) is 5.61. The van der Waals surface area contributed by atoms with Gasteiger partial charge in [-0.05, 0) is 68.9 Å². The zero-order chi connectivity index (χ0) is 25.9. The van der Waals surface area contributed by atoms with Crippen molar-refractivity contribution in [3.05, 3.63) is 75.8 Å². The molecule has 0 radical (unpaired) electrons. The number of fused-ring (bicyclic) bond motifs is 1. The maximum absolute atomic E-state index is 13.2. The van der Waals surface area contributed by atoms with E-state index in [1.807, 2.05) is 24.3 Å². The molecule has 3 aromatic rings. The first kappa shape index (κ1) is 25.0. The maximum atomic E-state index is 13.2. The molecule has 3 aromatic carbocycles. The second kappa shape index (κ2) is 10.8. The number of carbonyl (C=O) groups excluding carboxylic acids is 3. The Morgan fingerprint density at radius 1 is 1.03 bits per heavy atom. The van der Waals surface area contributed by atoms with Gasteiger partial charge in [0.1, 0.15) is 12.2 Å². The van der Waals surface area contributed by atoms with Crippen LogP contribution >= 0.6 is 15.9 Å². The highest BCUT2D eigenvalue weighted by molar-refractivity contribution is 9.10. The van der Waals surface area contributed by atoms with E-state index in [1.54, 1.807) is 12.1 Å². The molecule has 0 atom stereocenters. The molecule has 0 aromatic heterocycles. The van der Waals surface area contributed by atoms with Gasteiger partial charge in [-0.1, -0.05) is 61.7 Å². The number of nitrogens with one attached hydrogen (secondary N) is 1. The number of halogens is 1. The summed E-state index contributed by atoms with van der Waals surface area (Å²) >= 11 is 3.56. The number of ether oxygens (including phenoxy) is 2. The predicted molar refractivity (Wildman–Crippen MR) is 144 cm³/mol. The second-order valence-corrected chi connectivity index (χ2v) is 10.1. The van der Waals surface area contributed by atoms with E-state index in [9.17, 15) is 14.4 Å². The van der Waals surface area contributed by atoms with Gasteiger partial charge in [0, 0.05) is 6.04 Å². The summed E-state index contributed by atoms with van der Waals surface area (Å²) in [5.41, 5.74) is 1.52. The maximum Gasteiger partial charge on any atom is 0.331 e. The number of benzene rings is 3. The molecule has 190 valence electrons. The quantitative estimate of drug-likeness (QED) is 0.295. The van der Waals surface area contributed by atoms with Gasteiger partial charge in [-0.2, -0.15) is 0 Å². The molecular formula is C29H27BrN2O5. The highest BCUT2D eigenvalue weighted by atomic mass is 79.9. The molecule has 1 aliphatic carbocycles. The van der Waals surface area contributed by atoms with Gasteiger partial charge in [-0.3, -0.25) is 19.8 Å². The van der Waals surface area contributed by atoms with Crippen LogP contribution in [0.25, 0.3) is 16.8 Å². The number of barbiturate groups is 1. The fraction of sp³-hybridized carbons (Fsp3) is 0.276. The van der Waals surface area contributed by atoms with E-state index in [1.165, 1.54) is 18.1 Å². The van der Waals surface area contributed by atoms with Gasteiger partial charge >= 0.3 is 6.03 Å². The van der Waals surface area contributed by atoms with E-state index in [0.29, 0.717) is 28.1 Å². The third-order valence-corrected chi connectivity index (χ3v) is 7.48. The van der Waals surface area contributed by atoms with Crippen LogP contribution in [0.3, 0.4) is 0 Å². The van der Waals surface area contributed by atoms with Crippen LogP contribution in [0.15, 0.2) is 64.6 Å². The van der Waals surface area contributed by atoms with Crippen LogP contribution in [-0.4, -0.2) is 35.9 Å². The van der Waals surface area contributed by atoms with Gasteiger partial charge in [0.15, 0.2) is 11.5 Å². The molecule has 0 spiro atoms. The Labute approximate surface area is 223 Å². The number of rotatable bonds is 6. The molecule has 8 heteroatoms. The summed E-state index contributed by atoms with van der Waals surface area (Å²) in [4.78, 5) is 39.5. The molecule has 7 nitrogen and oxygen atoms in total. The molecule has 5 rings (SSSR count). The lowest BCUT2D eigenvalue weighted by molar-refractivity contribution is -0.132. The molecule has 2 fully saturated rings. The normalized spacial score (nSPS) is 17.8. The largest absolute Gasteiger partial charge is 0.493 e. The van der Waals surface area contributed by atoms with E-state index in [2.05, 4.69) is 39.4 Å². The molecule has 1 heterocycles. The van der Waals surface area contributed by atoms with Crippen molar-refractivity contribution in [1.82, 2.24) is 10.2 Å². The van der Waals surface area contributed by atoms with Crippen molar-refractivity contribution in [2.24, 2.45) is 0 Å². The topological polar surface area (TPSA) is 84.9 Å². The summed E-state index contributed by atoms with van der Waals surface area (Å²) < 4.78 is 12.4. The van der Waals surface area contributed by atoms with Gasteiger partial charge in [0.2, 0.25) is 0 Å². The number of nitrogens with zero attached hydrogens (tertiary/aromatic N) is 1. The van der Waals surface area contributed by atoms with Crippen molar-refractivity contribution in [3.63, 3.8) is 0 Å². The van der Waals surface area contributed by atoms with Gasteiger partial charge in [-0.15, -0.1) is 0 Å². The summed E-state index contributed by atoms with van der Waals surface area (Å²) in [5.74, 6) is -0.304. The smallest absolute Gasteiger partial charge is 0.331 e. The van der Waals surface area contributed by atoms with Crippen molar-refractivity contribution in [2.45, 2.75) is 44.8 Å². The van der Waals surface area contributed by atoms with E-state index >= 15 is 0 Å². The number of carbonyl (C=O) groups is 3. The third kappa shape index (κ3) is 5.11. The minimum atomic E-state index is -0.701. The van der Waals surface area contributed by atoms with Gasteiger partial charge in [-0.25, -0.2) is 4.79 Å². The molecule has 4 amide bonds. The van der Waals surface area contributed by atoms with Crippen LogP contribution in [-0.2, 0) is 16.2 Å². The number of urea groups is 1. The summed E-state index contributed by atoms with van der Waals surface area (Å²) in [6.45, 7) is 0.329. The third-order valence-electron chi connectivity index (χ3n) is 6.89. The Hall–Kier alpha value is -3.65. The lowest BCUT2D eigenvalue weighted by atomic mass is 9.93. The van der Waals surface area contributed by atoms with Crippen molar-refractivity contribution in [2.75, 3.05) is 7.11 Å². The Morgan fingerprint density at radius 3 is 2.57 bits per heavy atom. The number of imide groups is 2. The first-order valence-corrected chi connectivity index (χ1v) is 13.1. The molecular weight excluding hydrogens is 536 g/mol. The van der Waals surface area contributed by atoms with Crippen LogP contribution in [0.5, 0.6) is 11.5 Å². The highest BCUT2D eigenvalue weighted by Crippen LogP contribution is 2.38. The van der Waals surface area contributed by atoms with Gasteiger partial charge in [0.25, 0.3) is 11.8 Å². The first-order chi connectivity index (χ1) is 18.0. The van der Waals surface area contributed by atoms with E-state index < -0.39 is 17.8 Å². The summed E-state index contributed by atoms with van der Waals surface area (Å²) in [7, 11) is 1.53. The first-order valence-electron chi connectivity index (χ1n) is 12.3. The standard InChI is InChI=1S/C29H27BrN2O5/c1-36-25-16-18(14-23-27(33)31-29(35)32(28(23)34)21-11-3-2-4-12-21)15-24(30)26(25)37-17-20-10-7-9-19-8-5-6-13-22(19)20/h5-10,13-16,21H,2-4,11-12,17H2,1H3,(H,31,33,35). The molecule has 0 unspecified atom stereocenters. The zero-order valence-electron chi connectivity index (χ0n) is 20.5. The molecule has 37 heavy (non-hydrogen) atoms. The number of hydrogen-bond donors (Lipinski definition) is 1. The highest BCUT2D eigenvalue weighted by Gasteiger charge is 2.40. The lowest BCUT2D eigenvalue weighted by Gasteiger charge is -2.35. The monoisotopic (exact) mass is 562 g/mol. The van der Waals surface area contributed by atoms with Gasteiger partial charge < -0.3 is 9.47 Å². The van der Waals surface area contributed by atoms with Crippen molar-refractivity contribution < 1.29 is 23.9 Å².